The van der Waals surface area contributed by atoms with Gasteiger partial charge in [0.1, 0.15) is 6.54 Å². The monoisotopic (exact) mass is 392 g/mol. The van der Waals surface area contributed by atoms with Crippen molar-refractivity contribution in [3.8, 4) is 12.3 Å². The predicted molar refractivity (Wildman–Crippen MR) is 118 cm³/mol. The van der Waals surface area contributed by atoms with Gasteiger partial charge >= 0.3 is 0 Å². The third-order valence-electron chi connectivity index (χ3n) is 6.34. The molecule has 1 aliphatic carbocycles. The third kappa shape index (κ3) is 5.01. The average Bonchev–Trinajstić information content (AvgIpc) is 3.36. The lowest BCUT2D eigenvalue weighted by atomic mass is 10.1. The molecule has 2 aromatic rings. The van der Waals surface area contributed by atoms with Crippen molar-refractivity contribution in [2.24, 2.45) is 0 Å². The molecule has 29 heavy (non-hydrogen) atoms. The molecule has 5 nitrogen and oxygen atoms in total. The van der Waals surface area contributed by atoms with E-state index in [0.29, 0.717) is 12.6 Å². The number of terminal acetylenes is 1. The molecule has 4 rings (SSSR count). The number of piperazine rings is 1. The minimum absolute atomic E-state index is 0.131. The van der Waals surface area contributed by atoms with Gasteiger partial charge in [-0.25, -0.2) is 0 Å². The van der Waals surface area contributed by atoms with Crippen LogP contribution in [0, 0.1) is 12.3 Å². The van der Waals surface area contributed by atoms with Crippen LogP contribution in [-0.4, -0.2) is 59.0 Å². The molecule has 1 aromatic heterocycles. The largest absolute Gasteiger partial charge is 0.352 e. The molecular formula is C24H32N4O. The van der Waals surface area contributed by atoms with Crippen LogP contribution >= 0.6 is 0 Å². The van der Waals surface area contributed by atoms with E-state index < -0.39 is 0 Å². The summed E-state index contributed by atoms with van der Waals surface area (Å²) in [4.78, 5) is 17.5. The molecule has 0 atom stereocenters. The van der Waals surface area contributed by atoms with Crippen LogP contribution in [0.15, 0.2) is 30.5 Å². The first-order valence-corrected chi connectivity index (χ1v) is 11.0. The number of fused-ring (bicyclic) bond motifs is 1. The van der Waals surface area contributed by atoms with Gasteiger partial charge in [-0.05, 0) is 24.5 Å². The second-order valence-corrected chi connectivity index (χ2v) is 8.42. The molecule has 1 aromatic carbocycles. The molecule has 2 fully saturated rings. The Hall–Kier alpha value is -2.29. The first-order chi connectivity index (χ1) is 14.2. The summed E-state index contributed by atoms with van der Waals surface area (Å²) in [5.74, 6) is 2.87. The van der Waals surface area contributed by atoms with E-state index in [-0.39, 0.29) is 5.91 Å². The van der Waals surface area contributed by atoms with Crippen molar-refractivity contribution in [3.63, 3.8) is 0 Å². The van der Waals surface area contributed by atoms with Crippen LogP contribution in [0.1, 0.15) is 37.7 Å². The highest BCUT2D eigenvalue weighted by molar-refractivity contribution is 5.86. The van der Waals surface area contributed by atoms with Crippen molar-refractivity contribution in [1.82, 2.24) is 19.7 Å². The molecule has 1 amide bonds. The van der Waals surface area contributed by atoms with Crippen LogP contribution in [-0.2, 0) is 17.9 Å². The van der Waals surface area contributed by atoms with Crippen molar-refractivity contribution < 1.29 is 4.79 Å². The second kappa shape index (κ2) is 9.47. The fraction of sp³-hybridized carbons (Fsp3) is 0.542. The molecular weight excluding hydrogens is 360 g/mol. The summed E-state index contributed by atoms with van der Waals surface area (Å²) in [6, 6.07) is 8.82. The maximum atomic E-state index is 12.6. The van der Waals surface area contributed by atoms with Gasteiger partial charge in [0.05, 0.1) is 0 Å². The molecule has 5 heteroatoms. The Balaban J connectivity index is 1.41. The number of hydrogen-bond donors (Lipinski definition) is 1. The molecule has 0 spiro atoms. The lowest BCUT2D eigenvalue weighted by Crippen LogP contribution is -2.46. The number of nitrogens with zero attached hydrogens (tertiary/aromatic N) is 3. The van der Waals surface area contributed by atoms with Gasteiger partial charge in [-0.2, -0.15) is 0 Å². The van der Waals surface area contributed by atoms with Gasteiger partial charge in [-0.15, -0.1) is 12.3 Å². The van der Waals surface area contributed by atoms with E-state index in [9.17, 15) is 4.79 Å². The molecule has 0 unspecified atom stereocenters. The number of nitrogens with one attached hydrogen (secondary N) is 1. The highest BCUT2D eigenvalue weighted by Gasteiger charge is 2.20. The van der Waals surface area contributed by atoms with E-state index in [0.717, 1.165) is 64.0 Å². The number of amides is 1. The van der Waals surface area contributed by atoms with Gasteiger partial charge in [0.2, 0.25) is 5.91 Å². The highest BCUT2D eigenvalue weighted by atomic mass is 16.2. The summed E-state index contributed by atoms with van der Waals surface area (Å²) in [6.07, 6.45) is 13.1. The normalized spacial score (nSPS) is 18.9. The Morgan fingerprint density at radius 1 is 1.10 bits per heavy atom. The van der Waals surface area contributed by atoms with Gasteiger partial charge in [0, 0.05) is 68.8 Å². The number of aromatic nitrogens is 1. The van der Waals surface area contributed by atoms with Crippen LogP contribution in [0.3, 0.4) is 0 Å². The molecule has 1 saturated heterocycles. The molecule has 0 bridgehead atoms. The van der Waals surface area contributed by atoms with Crippen LogP contribution in [0.4, 0.5) is 0 Å². The summed E-state index contributed by atoms with van der Waals surface area (Å²) < 4.78 is 2.12. The van der Waals surface area contributed by atoms with E-state index in [2.05, 4.69) is 56.1 Å². The molecule has 2 aliphatic rings. The maximum Gasteiger partial charge on any atom is 0.240 e. The third-order valence-corrected chi connectivity index (χ3v) is 6.34. The first kappa shape index (κ1) is 20.0. The Morgan fingerprint density at radius 2 is 1.83 bits per heavy atom. The SMILES string of the molecule is C#CCCN1CCN(Cc2cn(CC(=O)NC3CCCC3)c3ccccc23)CC1. The molecule has 1 N–H and O–H groups in total. The number of rotatable bonds is 7. The standard InChI is InChI=1S/C24H32N4O/c1-2-3-12-26-13-15-27(16-14-26)17-20-18-28(23-11-7-6-10-22(20)23)19-24(29)25-21-8-4-5-9-21/h1,6-7,10-11,18,21H,3-5,8-9,12-17,19H2,(H,25,29). The fourth-order valence-corrected chi connectivity index (χ4v) is 4.71. The lowest BCUT2D eigenvalue weighted by Gasteiger charge is -2.34. The van der Waals surface area contributed by atoms with Crippen LogP contribution in [0.25, 0.3) is 10.9 Å². The second-order valence-electron chi connectivity index (χ2n) is 8.42. The van der Waals surface area contributed by atoms with E-state index in [1.54, 1.807) is 0 Å². The zero-order valence-electron chi connectivity index (χ0n) is 17.3. The average molecular weight is 393 g/mol. The summed E-state index contributed by atoms with van der Waals surface area (Å²) >= 11 is 0. The number of para-hydroxylation sites is 1. The zero-order chi connectivity index (χ0) is 20.1. The smallest absolute Gasteiger partial charge is 0.240 e. The Bertz CT molecular complexity index is 867. The van der Waals surface area contributed by atoms with Gasteiger partial charge in [0.25, 0.3) is 0 Å². The highest BCUT2D eigenvalue weighted by Crippen LogP contribution is 2.24. The number of benzene rings is 1. The minimum Gasteiger partial charge on any atom is -0.352 e. The van der Waals surface area contributed by atoms with Gasteiger partial charge in [-0.1, -0.05) is 31.0 Å². The molecule has 0 radical (unpaired) electrons. The van der Waals surface area contributed by atoms with Crippen LogP contribution < -0.4 is 5.32 Å². The van der Waals surface area contributed by atoms with Gasteiger partial charge in [-0.3, -0.25) is 14.6 Å². The fourth-order valence-electron chi connectivity index (χ4n) is 4.71. The van der Waals surface area contributed by atoms with Gasteiger partial charge in [0.15, 0.2) is 0 Å². The Labute approximate surface area is 174 Å². The Kier molecular flexibility index (Phi) is 6.53. The van der Waals surface area contributed by atoms with E-state index in [1.807, 2.05) is 0 Å². The number of carbonyl (C=O) groups excluding carboxylic acids is 1. The number of carbonyl (C=O) groups is 1. The predicted octanol–water partition coefficient (Wildman–Crippen LogP) is 2.84. The minimum atomic E-state index is 0.131. The van der Waals surface area contributed by atoms with E-state index in [1.165, 1.54) is 23.8 Å². The van der Waals surface area contributed by atoms with Crippen molar-refractivity contribution in [2.75, 3.05) is 32.7 Å². The summed E-state index contributed by atoms with van der Waals surface area (Å²) in [5.41, 5.74) is 2.46. The Morgan fingerprint density at radius 3 is 2.59 bits per heavy atom. The van der Waals surface area contributed by atoms with Gasteiger partial charge < -0.3 is 9.88 Å². The lowest BCUT2D eigenvalue weighted by molar-refractivity contribution is -0.122. The molecule has 1 aliphatic heterocycles. The van der Waals surface area contributed by atoms with Crippen molar-refractivity contribution in [3.05, 3.63) is 36.0 Å². The van der Waals surface area contributed by atoms with E-state index >= 15 is 0 Å². The topological polar surface area (TPSA) is 40.5 Å². The first-order valence-electron chi connectivity index (χ1n) is 11.0. The zero-order valence-corrected chi connectivity index (χ0v) is 17.3. The van der Waals surface area contributed by atoms with Crippen molar-refractivity contribution >= 4 is 16.8 Å². The van der Waals surface area contributed by atoms with Crippen molar-refractivity contribution in [1.29, 1.82) is 0 Å². The summed E-state index contributed by atoms with van der Waals surface area (Å²) in [7, 11) is 0. The molecule has 2 heterocycles. The summed E-state index contributed by atoms with van der Waals surface area (Å²) in [6.45, 7) is 6.60. The van der Waals surface area contributed by atoms with Crippen LogP contribution in [0.2, 0.25) is 0 Å². The van der Waals surface area contributed by atoms with Crippen LogP contribution in [0.5, 0.6) is 0 Å². The molecule has 1 saturated carbocycles. The maximum absolute atomic E-state index is 12.6. The number of hydrogen-bond acceptors (Lipinski definition) is 3. The summed E-state index contributed by atoms with van der Waals surface area (Å²) in [5, 5.41) is 4.47. The van der Waals surface area contributed by atoms with E-state index in [4.69, 9.17) is 6.42 Å². The quantitative estimate of drug-likeness (QED) is 0.737. The molecule has 154 valence electrons. The van der Waals surface area contributed by atoms with Crippen molar-refractivity contribution in [2.45, 2.75) is 51.2 Å².